The first-order valence-electron chi connectivity index (χ1n) is 9.80. The van der Waals surface area contributed by atoms with Gasteiger partial charge in [-0.1, -0.05) is 32.1 Å². The third kappa shape index (κ3) is 4.71. The monoisotopic (exact) mass is 320 g/mol. The largest absolute Gasteiger partial charge is 0.353 e. The number of nitrogens with one attached hydrogen (secondary N) is 1. The zero-order valence-electron chi connectivity index (χ0n) is 14.4. The van der Waals surface area contributed by atoms with Gasteiger partial charge in [0.15, 0.2) is 0 Å². The summed E-state index contributed by atoms with van der Waals surface area (Å²) in [5.74, 6) is 1.37. The molecule has 0 atom stereocenters. The van der Waals surface area contributed by atoms with Gasteiger partial charge in [0, 0.05) is 31.5 Å². The first-order valence-corrected chi connectivity index (χ1v) is 9.80. The highest BCUT2D eigenvalue weighted by atomic mass is 16.2. The molecule has 4 heteroatoms. The number of hydrogen-bond donors (Lipinski definition) is 1. The van der Waals surface area contributed by atoms with Crippen LogP contribution in [-0.2, 0) is 9.59 Å². The third-order valence-electron chi connectivity index (χ3n) is 6.07. The van der Waals surface area contributed by atoms with E-state index in [0.29, 0.717) is 24.3 Å². The third-order valence-corrected chi connectivity index (χ3v) is 6.07. The molecule has 3 fully saturated rings. The molecule has 2 amide bonds. The highest BCUT2D eigenvalue weighted by Gasteiger charge is 2.30. The van der Waals surface area contributed by atoms with Crippen LogP contribution in [0.25, 0.3) is 0 Å². The minimum atomic E-state index is 0.231. The molecule has 3 aliphatic rings. The maximum Gasteiger partial charge on any atom is 0.225 e. The lowest BCUT2D eigenvalue weighted by Gasteiger charge is -2.35. The second-order valence-electron chi connectivity index (χ2n) is 7.86. The van der Waals surface area contributed by atoms with Crippen LogP contribution in [0.1, 0.15) is 77.0 Å². The molecule has 0 bridgehead atoms. The van der Waals surface area contributed by atoms with Gasteiger partial charge in [-0.3, -0.25) is 9.59 Å². The predicted molar refractivity (Wildman–Crippen MR) is 90.9 cm³/mol. The number of carbonyl (C=O) groups is 2. The smallest absolute Gasteiger partial charge is 0.225 e. The van der Waals surface area contributed by atoms with E-state index in [9.17, 15) is 9.59 Å². The molecule has 1 heterocycles. The number of hydrogen-bond acceptors (Lipinski definition) is 2. The van der Waals surface area contributed by atoms with Crippen LogP contribution in [0.5, 0.6) is 0 Å². The lowest BCUT2D eigenvalue weighted by Crippen LogP contribution is -2.43. The van der Waals surface area contributed by atoms with E-state index in [1.54, 1.807) is 0 Å². The van der Waals surface area contributed by atoms with E-state index in [1.165, 1.54) is 32.1 Å². The zero-order chi connectivity index (χ0) is 16.1. The van der Waals surface area contributed by atoms with E-state index in [0.717, 1.165) is 51.6 Å². The predicted octanol–water partition coefficient (Wildman–Crippen LogP) is 3.25. The van der Waals surface area contributed by atoms with Gasteiger partial charge in [0.1, 0.15) is 0 Å². The molecule has 2 aliphatic carbocycles. The van der Waals surface area contributed by atoms with Crippen molar-refractivity contribution in [2.24, 2.45) is 11.8 Å². The van der Waals surface area contributed by atoms with E-state index in [-0.39, 0.29) is 11.8 Å². The fourth-order valence-corrected chi connectivity index (χ4v) is 4.58. The normalized spacial score (nSPS) is 24.8. The number of rotatable bonds is 4. The molecular weight excluding hydrogens is 288 g/mol. The first-order chi connectivity index (χ1) is 11.2. The van der Waals surface area contributed by atoms with Gasteiger partial charge >= 0.3 is 0 Å². The fraction of sp³-hybridized carbons (Fsp3) is 0.895. The second kappa shape index (κ2) is 8.16. The summed E-state index contributed by atoms with van der Waals surface area (Å²) in [5, 5.41) is 3.19. The Balaban J connectivity index is 1.37. The highest BCUT2D eigenvalue weighted by molar-refractivity contribution is 5.79. The summed E-state index contributed by atoms with van der Waals surface area (Å²) in [5.41, 5.74) is 0. The van der Waals surface area contributed by atoms with Crippen LogP contribution in [0.4, 0.5) is 0 Å². The van der Waals surface area contributed by atoms with Crippen molar-refractivity contribution in [3.63, 3.8) is 0 Å². The average molecular weight is 320 g/mol. The van der Waals surface area contributed by atoms with E-state index in [1.807, 2.05) is 0 Å². The van der Waals surface area contributed by atoms with Crippen LogP contribution >= 0.6 is 0 Å². The van der Waals surface area contributed by atoms with Crippen LogP contribution < -0.4 is 5.32 Å². The minimum Gasteiger partial charge on any atom is -0.353 e. The summed E-state index contributed by atoms with van der Waals surface area (Å²) in [4.78, 5) is 26.8. The van der Waals surface area contributed by atoms with E-state index < -0.39 is 0 Å². The summed E-state index contributed by atoms with van der Waals surface area (Å²) in [7, 11) is 0. The molecule has 2 saturated carbocycles. The maximum absolute atomic E-state index is 12.6. The molecule has 1 saturated heterocycles. The zero-order valence-corrected chi connectivity index (χ0v) is 14.4. The molecule has 0 unspecified atom stereocenters. The Labute approximate surface area is 140 Å². The summed E-state index contributed by atoms with van der Waals surface area (Å²) < 4.78 is 0. The molecule has 0 aromatic carbocycles. The Morgan fingerprint density at radius 3 is 2.09 bits per heavy atom. The molecule has 0 aromatic rings. The number of piperidine rings is 1. The molecule has 23 heavy (non-hydrogen) atoms. The van der Waals surface area contributed by atoms with Crippen molar-refractivity contribution in [1.82, 2.24) is 10.2 Å². The summed E-state index contributed by atoms with van der Waals surface area (Å²) >= 11 is 0. The van der Waals surface area contributed by atoms with E-state index in [4.69, 9.17) is 0 Å². The Kier molecular flexibility index (Phi) is 5.96. The summed E-state index contributed by atoms with van der Waals surface area (Å²) in [6.45, 7) is 1.72. The number of amides is 2. The Morgan fingerprint density at radius 1 is 0.826 bits per heavy atom. The summed E-state index contributed by atoms with van der Waals surface area (Å²) in [6.07, 6.45) is 13.4. The fourth-order valence-electron chi connectivity index (χ4n) is 4.58. The first kappa shape index (κ1) is 16.8. The van der Waals surface area contributed by atoms with Gasteiger partial charge in [-0.05, 0) is 44.4 Å². The Morgan fingerprint density at radius 2 is 1.43 bits per heavy atom. The molecule has 1 aliphatic heterocycles. The van der Waals surface area contributed by atoms with Crippen LogP contribution in [-0.4, -0.2) is 35.8 Å². The van der Waals surface area contributed by atoms with Gasteiger partial charge in [0.25, 0.3) is 0 Å². The lowest BCUT2D eigenvalue weighted by atomic mass is 9.86. The molecule has 4 nitrogen and oxygen atoms in total. The van der Waals surface area contributed by atoms with Crippen molar-refractivity contribution in [1.29, 1.82) is 0 Å². The Hall–Kier alpha value is -1.06. The minimum absolute atomic E-state index is 0.231. The number of nitrogens with zero attached hydrogens (tertiary/aromatic N) is 1. The van der Waals surface area contributed by atoms with Crippen molar-refractivity contribution >= 4 is 11.8 Å². The van der Waals surface area contributed by atoms with Gasteiger partial charge < -0.3 is 10.2 Å². The lowest BCUT2D eigenvalue weighted by molar-refractivity contribution is -0.138. The van der Waals surface area contributed by atoms with Gasteiger partial charge in [-0.15, -0.1) is 0 Å². The van der Waals surface area contributed by atoms with Crippen LogP contribution in [0.3, 0.4) is 0 Å². The SMILES string of the molecule is O=C(CC1CCN(C(=O)C2CCCCC2)CC1)NC1CCCC1. The average Bonchev–Trinajstić information content (AvgIpc) is 3.08. The molecule has 3 rings (SSSR count). The van der Waals surface area contributed by atoms with Gasteiger partial charge in [-0.2, -0.15) is 0 Å². The molecule has 130 valence electrons. The highest BCUT2D eigenvalue weighted by Crippen LogP contribution is 2.28. The van der Waals surface area contributed by atoms with E-state index in [2.05, 4.69) is 10.2 Å². The number of likely N-dealkylation sites (tertiary alicyclic amines) is 1. The van der Waals surface area contributed by atoms with Gasteiger partial charge in [0.2, 0.25) is 11.8 Å². The number of carbonyl (C=O) groups excluding carboxylic acids is 2. The molecular formula is C19H32N2O2. The van der Waals surface area contributed by atoms with Crippen molar-refractivity contribution in [2.45, 2.75) is 83.1 Å². The second-order valence-corrected chi connectivity index (χ2v) is 7.86. The Bertz CT molecular complexity index is 404. The van der Waals surface area contributed by atoms with Crippen LogP contribution in [0, 0.1) is 11.8 Å². The maximum atomic E-state index is 12.6. The van der Waals surface area contributed by atoms with Gasteiger partial charge in [-0.25, -0.2) is 0 Å². The molecule has 0 radical (unpaired) electrons. The van der Waals surface area contributed by atoms with Crippen LogP contribution in [0.2, 0.25) is 0 Å². The quantitative estimate of drug-likeness (QED) is 0.864. The van der Waals surface area contributed by atoms with Crippen molar-refractivity contribution in [3.05, 3.63) is 0 Å². The van der Waals surface area contributed by atoms with Crippen molar-refractivity contribution < 1.29 is 9.59 Å². The van der Waals surface area contributed by atoms with Crippen molar-refractivity contribution in [2.75, 3.05) is 13.1 Å². The van der Waals surface area contributed by atoms with Gasteiger partial charge in [0.05, 0.1) is 0 Å². The van der Waals surface area contributed by atoms with Crippen molar-refractivity contribution in [3.8, 4) is 0 Å². The summed E-state index contributed by atoms with van der Waals surface area (Å²) in [6, 6.07) is 0.426. The standard InChI is InChI=1S/C19H32N2O2/c22-18(20-17-8-4-5-9-17)14-15-10-12-21(13-11-15)19(23)16-6-2-1-3-7-16/h15-17H,1-14H2,(H,20,22). The van der Waals surface area contributed by atoms with Crippen LogP contribution in [0.15, 0.2) is 0 Å². The molecule has 0 aromatic heterocycles. The topological polar surface area (TPSA) is 49.4 Å². The molecule has 1 N–H and O–H groups in total. The van der Waals surface area contributed by atoms with E-state index >= 15 is 0 Å². The molecule has 0 spiro atoms.